The van der Waals surface area contributed by atoms with Crippen molar-refractivity contribution in [3.63, 3.8) is 0 Å². The maximum atomic E-state index is 12.4. The molecule has 114 valence electrons. The van der Waals surface area contributed by atoms with Gasteiger partial charge in [0.05, 0.1) is 30.9 Å². The number of anilines is 1. The minimum Gasteiger partial charge on any atom is -0.466 e. The molecule has 1 aliphatic heterocycles. The van der Waals surface area contributed by atoms with E-state index in [1.54, 1.807) is 31.2 Å². The molecule has 7 heteroatoms. The molecular weight excluding hydrogens is 294 g/mol. The molecule has 0 N–H and O–H groups in total. The van der Waals surface area contributed by atoms with Crippen LogP contribution in [0.5, 0.6) is 0 Å². The molecule has 0 unspecified atom stereocenters. The minimum absolute atomic E-state index is 0.0342. The number of rotatable bonds is 4. The summed E-state index contributed by atoms with van der Waals surface area (Å²) in [6, 6.07) is 6.52. The lowest BCUT2D eigenvalue weighted by Gasteiger charge is -2.32. The van der Waals surface area contributed by atoms with Crippen molar-refractivity contribution < 1.29 is 22.7 Å². The predicted molar refractivity (Wildman–Crippen MR) is 77.7 cm³/mol. The Balaban J connectivity index is 2.37. The molecule has 0 fully saturated rings. The number of carbonyl (C=O) groups is 2. The second kappa shape index (κ2) is 5.85. The van der Waals surface area contributed by atoms with Crippen LogP contribution in [0.2, 0.25) is 0 Å². The van der Waals surface area contributed by atoms with Crippen molar-refractivity contribution in [1.82, 2.24) is 0 Å². The van der Waals surface area contributed by atoms with Crippen molar-refractivity contribution in [2.45, 2.75) is 13.3 Å². The van der Waals surface area contributed by atoms with E-state index < -0.39 is 21.9 Å². The van der Waals surface area contributed by atoms with Gasteiger partial charge in [-0.2, -0.15) is 0 Å². The predicted octanol–water partition coefficient (Wildman–Crippen LogP) is 1.22. The molecule has 0 aromatic heterocycles. The van der Waals surface area contributed by atoms with Gasteiger partial charge in [-0.15, -0.1) is 0 Å². The van der Waals surface area contributed by atoms with Crippen LogP contribution < -0.4 is 4.31 Å². The normalized spacial score (nSPS) is 18.3. The molecule has 0 spiro atoms. The minimum atomic E-state index is -3.51. The smallest absolute Gasteiger partial charge is 0.306 e. The van der Waals surface area contributed by atoms with E-state index in [0.29, 0.717) is 11.3 Å². The number of esters is 1. The number of nitrogens with zero attached hydrogens (tertiary/aromatic N) is 1. The lowest BCUT2D eigenvalue weighted by atomic mass is 9.90. The van der Waals surface area contributed by atoms with E-state index >= 15 is 0 Å². The van der Waals surface area contributed by atoms with Crippen molar-refractivity contribution in [3.8, 4) is 0 Å². The van der Waals surface area contributed by atoms with Crippen LogP contribution in [0.4, 0.5) is 5.69 Å². The van der Waals surface area contributed by atoms with Gasteiger partial charge in [-0.3, -0.25) is 13.9 Å². The van der Waals surface area contributed by atoms with Gasteiger partial charge in [0.2, 0.25) is 10.0 Å². The fourth-order valence-corrected chi connectivity index (χ4v) is 3.36. The number of para-hydroxylation sites is 1. The van der Waals surface area contributed by atoms with Crippen LogP contribution in [0.25, 0.3) is 0 Å². The van der Waals surface area contributed by atoms with E-state index in [4.69, 9.17) is 4.74 Å². The summed E-state index contributed by atoms with van der Waals surface area (Å²) in [7, 11) is -3.51. The SMILES string of the molecule is CCOC(=O)C[C@@H]1CN(S(C)(=O)=O)c2ccccc2C1=O. The Kier molecular flexibility index (Phi) is 4.32. The summed E-state index contributed by atoms with van der Waals surface area (Å²) in [5.74, 6) is -1.43. The molecule has 0 aliphatic carbocycles. The van der Waals surface area contributed by atoms with Gasteiger partial charge < -0.3 is 4.74 Å². The zero-order valence-corrected chi connectivity index (χ0v) is 12.7. The van der Waals surface area contributed by atoms with Crippen LogP contribution in [0.15, 0.2) is 24.3 Å². The van der Waals surface area contributed by atoms with Gasteiger partial charge >= 0.3 is 5.97 Å². The largest absolute Gasteiger partial charge is 0.466 e. The molecule has 21 heavy (non-hydrogen) atoms. The van der Waals surface area contributed by atoms with E-state index in [2.05, 4.69) is 0 Å². The number of hydrogen-bond acceptors (Lipinski definition) is 5. The second-order valence-corrected chi connectivity index (χ2v) is 6.79. The molecule has 0 saturated heterocycles. The van der Waals surface area contributed by atoms with Gasteiger partial charge in [0.15, 0.2) is 5.78 Å². The molecule has 1 aromatic carbocycles. The average molecular weight is 311 g/mol. The van der Waals surface area contributed by atoms with Crippen molar-refractivity contribution >= 4 is 27.5 Å². The molecular formula is C14H17NO5S. The van der Waals surface area contributed by atoms with Gasteiger partial charge in [-0.1, -0.05) is 12.1 Å². The Hall–Kier alpha value is -1.89. The highest BCUT2D eigenvalue weighted by Crippen LogP contribution is 2.32. The first-order valence-corrected chi connectivity index (χ1v) is 8.46. The fraction of sp³-hybridized carbons (Fsp3) is 0.429. The standard InChI is InChI=1S/C14H17NO5S/c1-3-20-13(16)8-10-9-15(21(2,18)19)12-7-5-4-6-11(12)14(10)17/h4-7,10H,3,8-9H2,1-2H3/t10-/m1/s1. The van der Waals surface area contributed by atoms with E-state index in [1.807, 2.05) is 0 Å². The molecule has 0 radical (unpaired) electrons. The molecule has 1 aliphatic rings. The summed E-state index contributed by atoms with van der Waals surface area (Å²) < 4.78 is 29.8. The first-order valence-electron chi connectivity index (χ1n) is 6.61. The monoisotopic (exact) mass is 311 g/mol. The number of hydrogen-bond donors (Lipinski definition) is 0. The number of fused-ring (bicyclic) bond motifs is 1. The van der Waals surface area contributed by atoms with Crippen molar-refractivity contribution in [2.24, 2.45) is 5.92 Å². The fourth-order valence-electron chi connectivity index (χ4n) is 2.39. The summed E-state index contributed by atoms with van der Waals surface area (Å²) in [5, 5.41) is 0. The Morgan fingerprint density at radius 2 is 2.05 bits per heavy atom. The van der Waals surface area contributed by atoms with Crippen LogP contribution in [0.3, 0.4) is 0 Å². The summed E-state index contributed by atoms with van der Waals surface area (Å²) in [6.45, 7) is 1.87. The first-order chi connectivity index (χ1) is 9.84. The highest BCUT2D eigenvalue weighted by atomic mass is 32.2. The molecule has 1 heterocycles. The number of carbonyl (C=O) groups excluding carboxylic acids is 2. The Labute approximate surface area is 123 Å². The van der Waals surface area contributed by atoms with Crippen molar-refractivity contribution in [2.75, 3.05) is 23.7 Å². The molecule has 6 nitrogen and oxygen atoms in total. The maximum Gasteiger partial charge on any atom is 0.306 e. The number of benzene rings is 1. The van der Waals surface area contributed by atoms with Gasteiger partial charge in [-0.25, -0.2) is 8.42 Å². The van der Waals surface area contributed by atoms with E-state index in [-0.39, 0.29) is 25.4 Å². The first kappa shape index (κ1) is 15.5. The third-order valence-corrected chi connectivity index (χ3v) is 4.46. The Morgan fingerprint density at radius 3 is 2.67 bits per heavy atom. The lowest BCUT2D eigenvalue weighted by molar-refractivity contribution is -0.143. The molecule has 1 aromatic rings. The van der Waals surface area contributed by atoms with Gasteiger partial charge in [0, 0.05) is 12.1 Å². The van der Waals surface area contributed by atoms with E-state index in [1.165, 1.54) is 4.31 Å². The molecule has 0 bridgehead atoms. The molecule has 0 amide bonds. The average Bonchev–Trinajstić information content (AvgIpc) is 2.41. The van der Waals surface area contributed by atoms with Crippen molar-refractivity contribution in [1.29, 1.82) is 0 Å². The van der Waals surface area contributed by atoms with Gasteiger partial charge in [0.25, 0.3) is 0 Å². The van der Waals surface area contributed by atoms with Crippen molar-refractivity contribution in [3.05, 3.63) is 29.8 Å². The molecule has 2 rings (SSSR count). The van der Waals surface area contributed by atoms with Crippen LogP contribution in [0, 0.1) is 5.92 Å². The summed E-state index contributed by atoms with van der Waals surface area (Å²) >= 11 is 0. The third-order valence-electron chi connectivity index (χ3n) is 3.31. The van der Waals surface area contributed by atoms with E-state index in [9.17, 15) is 18.0 Å². The van der Waals surface area contributed by atoms with Gasteiger partial charge in [0.1, 0.15) is 0 Å². The summed E-state index contributed by atoms with van der Waals surface area (Å²) in [6.07, 6.45) is 0.966. The topological polar surface area (TPSA) is 80.8 Å². The van der Waals surface area contributed by atoms with Crippen LogP contribution >= 0.6 is 0 Å². The number of ketones is 1. The van der Waals surface area contributed by atoms with Gasteiger partial charge in [-0.05, 0) is 19.1 Å². The maximum absolute atomic E-state index is 12.4. The highest BCUT2D eigenvalue weighted by molar-refractivity contribution is 7.92. The molecule has 0 saturated carbocycles. The zero-order valence-electron chi connectivity index (χ0n) is 11.9. The quantitative estimate of drug-likeness (QED) is 0.781. The van der Waals surface area contributed by atoms with Crippen LogP contribution in [0.1, 0.15) is 23.7 Å². The molecule has 1 atom stereocenters. The number of sulfonamides is 1. The number of Topliss-reactive ketones (excluding diaryl/α,β-unsaturated/α-hetero) is 1. The Morgan fingerprint density at radius 1 is 1.38 bits per heavy atom. The number of ether oxygens (including phenoxy) is 1. The van der Waals surface area contributed by atoms with Crippen LogP contribution in [-0.2, 0) is 19.6 Å². The lowest BCUT2D eigenvalue weighted by Crippen LogP contribution is -2.43. The second-order valence-electron chi connectivity index (χ2n) is 4.88. The Bertz CT molecular complexity index is 668. The van der Waals surface area contributed by atoms with Crippen LogP contribution in [-0.4, -0.2) is 39.6 Å². The summed E-state index contributed by atoms with van der Waals surface area (Å²) in [5.41, 5.74) is 0.689. The highest BCUT2D eigenvalue weighted by Gasteiger charge is 2.36. The third kappa shape index (κ3) is 3.24. The summed E-state index contributed by atoms with van der Waals surface area (Å²) in [4.78, 5) is 24.0. The van der Waals surface area contributed by atoms with E-state index in [0.717, 1.165) is 6.26 Å². The zero-order chi connectivity index (χ0) is 15.6.